The van der Waals surface area contributed by atoms with Gasteiger partial charge in [0.25, 0.3) is 0 Å². The highest BCUT2D eigenvalue weighted by Crippen LogP contribution is 2.21. The van der Waals surface area contributed by atoms with E-state index in [0.29, 0.717) is 18.7 Å². The van der Waals surface area contributed by atoms with Crippen LogP contribution in [0.1, 0.15) is 30.9 Å². The largest absolute Gasteiger partial charge is 0.355 e. The maximum Gasteiger partial charge on any atom is 0.243 e. The summed E-state index contributed by atoms with van der Waals surface area (Å²) in [5.74, 6) is -0.996. The van der Waals surface area contributed by atoms with Crippen molar-refractivity contribution in [2.45, 2.75) is 38.8 Å². The van der Waals surface area contributed by atoms with Crippen molar-refractivity contribution in [1.29, 1.82) is 0 Å². The average Bonchev–Trinajstić information content (AvgIpc) is 2.89. The van der Waals surface area contributed by atoms with Crippen molar-refractivity contribution >= 4 is 43.5 Å². The third kappa shape index (κ3) is 9.18. The standard InChI is InChI=1S/C29H33BrFN3O4S/c1-3-32-29(36)27(20-22-9-5-4-6-10-22)33(21-23-11-7-12-24(30)19-23)28(35)13-8-18-34(39(2,37)38)26-16-14-25(31)15-17-26/h4-7,9-12,14-17,19,27H,3,8,13,18,20-21H2,1-2H3,(H,32,36). The number of amides is 2. The smallest absolute Gasteiger partial charge is 0.243 e. The van der Waals surface area contributed by atoms with Crippen LogP contribution < -0.4 is 9.62 Å². The van der Waals surface area contributed by atoms with Crippen LogP contribution in [0.5, 0.6) is 0 Å². The number of benzene rings is 3. The zero-order valence-corrected chi connectivity index (χ0v) is 24.4. The van der Waals surface area contributed by atoms with Gasteiger partial charge in [-0.1, -0.05) is 58.4 Å². The second kappa shape index (κ2) is 14.2. The average molecular weight is 619 g/mol. The van der Waals surface area contributed by atoms with Crippen molar-refractivity contribution in [3.63, 3.8) is 0 Å². The number of anilines is 1. The van der Waals surface area contributed by atoms with Crippen molar-refractivity contribution < 1.29 is 22.4 Å². The van der Waals surface area contributed by atoms with E-state index in [0.717, 1.165) is 26.2 Å². The first-order valence-electron chi connectivity index (χ1n) is 12.7. The van der Waals surface area contributed by atoms with Crippen LogP contribution in [0.2, 0.25) is 0 Å². The molecule has 3 aromatic rings. The Balaban J connectivity index is 1.85. The lowest BCUT2D eigenvalue weighted by Gasteiger charge is -2.32. The van der Waals surface area contributed by atoms with Gasteiger partial charge >= 0.3 is 0 Å². The number of carbonyl (C=O) groups excluding carboxylic acids is 2. The predicted octanol–water partition coefficient (Wildman–Crippen LogP) is 4.91. The summed E-state index contributed by atoms with van der Waals surface area (Å²) >= 11 is 3.47. The summed E-state index contributed by atoms with van der Waals surface area (Å²) in [6.45, 7) is 2.49. The third-order valence-electron chi connectivity index (χ3n) is 6.13. The minimum Gasteiger partial charge on any atom is -0.355 e. The van der Waals surface area contributed by atoms with Crippen LogP contribution in [-0.4, -0.2) is 50.5 Å². The van der Waals surface area contributed by atoms with E-state index in [-0.39, 0.29) is 37.7 Å². The van der Waals surface area contributed by atoms with E-state index in [4.69, 9.17) is 0 Å². The second-order valence-electron chi connectivity index (χ2n) is 9.17. The van der Waals surface area contributed by atoms with E-state index >= 15 is 0 Å². The molecule has 1 atom stereocenters. The van der Waals surface area contributed by atoms with E-state index in [1.807, 2.05) is 61.5 Å². The maximum absolute atomic E-state index is 13.7. The van der Waals surface area contributed by atoms with Crippen LogP contribution in [0.25, 0.3) is 0 Å². The Bertz CT molecular complexity index is 1350. The molecule has 1 N–H and O–H groups in total. The molecule has 3 aromatic carbocycles. The fraction of sp³-hybridized carbons (Fsp3) is 0.310. The number of halogens is 2. The van der Waals surface area contributed by atoms with Gasteiger partial charge < -0.3 is 10.2 Å². The lowest BCUT2D eigenvalue weighted by Crippen LogP contribution is -2.50. The first-order chi connectivity index (χ1) is 18.6. The molecule has 2 amide bonds. The molecule has 1 unspecified atom stereocenters. The number of nitrogens with one attached hydrogen (secondary N) is 1. The molecule has 0 saturated carbocycles. The lowest BCUT2D eigenvalue weighted by molar-refractivity contribution is -0.141. The highest BCUT2D eigenvalue weighted by Gasteiger charge is 2.30. The summed E-state index contributed by atoms with van der Waals surface area (Å²) in [5, 5.41) is 2.86. The molecule has 0 aliphatic rings. The Labute approximate surface area is 238 Å². The van der Waals surface area contributed by atoms with Crippen molar-refractivity contribution in [3.05, 3.63) is 100 Å². The van der Waals surface area contributed by atoms with Gasteiger partial charge in [-0.05, 0) is 60.9 Å². The quantitative estimate of drug-likeness (QED) is 0.295. The molecule has 0 bridgehead atoms. The van der Waals surface area contributed by atoms with Crippen LogP contribution in [-0.2, 0) is 32.6 Å². The van der Waals surface area contributed by atoms with Crippen molar-refractivity contribution in [2.75, 3.05) is 23.7 Å². The summed E-state index contributed by atoms with van der Waals surface area (Å²) < 4.78 is 40.3. The minimum absolute atomic E-state index is 0.0198. The molecule has 0 fully saturated rings. The summed E-state index contributed by atoms with van der Waals surface area (Å²) in [6, 6.07) is 21.5. The number of hydrogen-bond donors (Lipinski definition) is 1. The molecule has 10 heteroatoms. The van der Waals surface area contributed by atoms with Gasteiger partial charge in [0.2, 0.25) is 21.8 Å². The number of hydrogen-bond acceptors (Lipinski definition) is 4. The summed E-state index contributed by atoms with van der Waals surface area (Å²) in [6.07, 6.45) is 1.64. The van der Waals surface area contributed by atoms with Gasteiger partial charge in [0.1, 0.15) is 11.9 Å². The van der Waals surface area contributed by atoms with Gasteiger partial charge in [0, 0.05) is 36.9 Å². The monoisotopic (exact) mass is 617 g/mol. The molecule has 0 radical (unpaired) electrons. The van der Waals surface area contributed by atoms with Crippen LogP contribution in [0, 0.1) is 5.82 Å². The Morgan fingerprint density at radius 3 is 2.26 bits per heavy atom. The molecule has 0 saturated heterocycles. The molecular weight excluding hydrogens is 585 g/mol. The molecule has 0 spiro atoms. The zero-order valence-electron chi connectivity index (χ0n) is 22.0. The number of carbonyl (C=O) groups is 2. The van der Waals surface area contributed by atoms with E-state index in [1.54, 1.807) is 4.90 Å². The topological polar surface area (TPSA) is 86.8 Å². The maximum atomic E-state index is 13.7. The van der Waals surface area contributed by atoms with Crippen molar-refractivity contribution in [2.24, 2.45) is 0 Å². The Kier molecular flexibility index (Phi) is 11.1. The fourth-order valence-electron chi connectivity index (χ4n) is 4.29. The Morgan fingerprint density at radius 2 is 1.64 bits per heavy atom. The Hall–Kier alpha value is -3.24. The van der Waals surface area contributed by atoms with Gasteiger partial charge in [0.05, 0.1) is 11.9 Å². The highest BCUT2D eigenvalue weighted by molar-refractivity contribution is 9.10. The fourth-order valence-corrected chi connectivity index (χ4v) is 5.70. The van der Waals surface area contributed by atoms with Crippen molar-refractivity contribution in [3.8, 4) is 0 Å². The third-order valence-corrected chi connectivity index (χ3v) is 7.82. The Morgan fingerprint density at radius 1 is 0.974 bits per heavy atom. The summed E-state index contributed by atoms with van der Waals surface area (Å²) in [7, 11) is -3.66. The molecule has 7 nitrogen and oxygen atoms in total. The van der Waals surface area contributed by atoms with Crippen LogP contribution in [0.15, 0.2) is 83.3 Å². The summed E-state index contributed by atoms with van der Waals surface area (Å²) in [5.41, 5.74) is 2.09. The van der Waals surface area contributed by atoms with E-state index in [1.165, 1.54) is 24.3 Å². The van der Waals surface area contributed by atoms with Gasteiger partial charge in [-0.3, -0.25) is 13.9 Å². The SMILES string of the molecule is CCNC(=O)C(Cc1ccccc1)N(Cc1cccc(Br)c1)C(=O)CCCN(c1ccc(F)cc1)S(C)(=O)=O. The van der Waals surface area contributed by atoms with Crippen LogP contribution in [0.3, 0.4) is 0 Å². The molecule has 0 aliphatic carbocycles. The first-order valence-corrected chi connectivity index (χ1v) is 15.3. The second-order valence-corrected chi connectivity index (χ2v) is 12.0. The lowest BCUT2D eigenvalue weighted by atomic mass is 10.0. The van der Waals surface area contributed by atoms with Gasteiger partial charge in [-0.2, -0.15) is 0 Å². The van der Waals surface area contributed by atoms with E-state index in [2.05, 4.69) is 21.2 Å². The van der Waals surface area contributed by atoms with Gasteiger partial charge in [0.15, 0.2) is 0 Å². The molecule has 0 heterocycles. The molecule has 0 aromatic heterocycles. The highest BCUT2D eigenvalue weighted by atomic mass is 79.9. The van der Waals surface area contributed by atoms with Crippen LogP contribution in [0.4, 0.5) is 10.1 Å². The minimum atomic E-state index is -3.66. The molecule has 208 valence electrons. The number of likely N-dealkylation sites (N-methyl/N-ethyl adjacent to an activating group) is 1. The van der Waals surface area contributed by atoms with Crippen LogP contribution >= 0.6 is 15.9 Å². The predicted molar refractivity (Wildman–Crippen MR) is 155 cm³/mol. The molecule has 39 heavy (non-hydrogen) atoms. The zero-order chi connectivity index (χ0) is 28.4. The van der Waals surface area contributed by atoms with E-state index < -0.39 is 21.9 Å². The first kappa shape index (κ1) is 30.3. The summed E-state index contributed by atoms with van der Waals surface area (Å²) in [4.78, 5) is 28.5. The normalized spacial score (nSPS) is 12.0. The molecular formula is C29H33BrFN3O4S. The van der Waals surface area contributed by atoms with E-state index in [9.17, 15) is 22.4 Å². The van der Waals surface area contributed by atoms with Crippen molar-refractivity contribution in [1.82, 2.24) is 10.2 Å². The number of sulfonamides is 1. The molecule has 3 rings (SSSR count). The number of nitrogens with zero attached hydrogens (tertiary/aromatic N) is 2. The van der Waals surface area contributed by atoms with Gasteiger partial charge in [-0.25, -0.2) is 12.8 Å². The molecule has 0 aliphatic heterocycles. The van der Waals surface area contributed by atoms with Gasteiger partial charge in [-0.15, -0.1) is 0 Å². The number of rotatable bonds is 13.